The van der Waals surface area contributed by atoms with Crippen LogP contribution >= 0.6 is 15.9 Å². The first-order valence-corrected chi connectivity index (χ1v) is 7.22. The zero-order chi connectivity index (χ0) is 16.0. The van der Waals surface area contributed by atoms with Crippen LogP contribution in [0.25, 0.3) is 0 Å². The van der Waals surface area contributed by atoms with Gasteiger partial charge in [0, 0.05) is 17.6 Å². The SMILES string of the molecule is C=C(C)CN(CC)C(=O)COc1ccc(Br)cc1C(=O)O. The van der Waals surface area contributed by atoms with Gasteiger partial charge in [-0.05, 0) is 32.0 Å². The first-order chi connectivity index (χ1) is 9.85. The van der Waals surface area contributed by atoms with E-state index in [1.54, 1.807) is 11.0 Å². The second-order valence-corrected chi connectivity index (χ2v) is 5.52. The Balaban J connectivity index is 2.77. The van der Waals surface area contributed by atoms with Gasteiger partial charge in [0.15, 0.2) is 6.61 Å². The fourth-order valence-corrected chi connectivity index (χ4v) is 2.09. The van der Waals surface area contributed by atoms with Crippen molar-refractivity contribution >= 4 is 27.8 Å². The van der Waals surface area contributed by atoms with E-state index < -0.39 is 5.97 Å². The number of nitrogens with zero attached hydrogens (tertiary/aromatic N) is 1. The van der Waals surface area contributed by atoms with Gasteiger partial charge in [-0.3, -0.25) is 4.79 Å². The highest BCUT2D eigenvalue weighted by atomic mass is 79.9. The highest BCUT2D eigenvalue weighted by molar-refractivity contribution is 9.10. The number of benzene rings is 1. The van der Waals surface area contributed by atoms with Gasteiger partial charge in [-0.15, -0.1) is 0 Å². The molecule has 0 radical (unpaired) electrons. The minimum absolute atomic E-state index is 0.0140. The Morgan fingerprint density at radius 3 is 2.62 bits per heavy atom. The van der Waals surface area contributed by atoms with Crippen LogP contribution in [-0.2, 0) is 4.79 Å². The number of carboxylic acids is 1. The van der Waals surface area contributed by atoms with Gasteiger partial charge >= 0.3 is 5.97 Å². The maximum Gasteiger partial charge on any atom is 0.339 e. The summed E-state index contributed by atoms with van der Waals surface area (Å²) in [6.45, 7) is 8.28. The lowest BCUT2D eigenvalue weighted by atomic mass is 10.2. The number of carbonyl (C=O) groups is 2. The fraction of sp³-hybridized carbons (Fsp3) is 0.333. The standard InChI is InChI=1S/C15H18BrNO4/c1-4-17(8-10(2)3)14(18)9-21-13-6-5-11(16)7-12(13)15(19)20/h5-7H,2,4,8-9H2,1,3H3,(H,19,20). The van der Waals surface area contributed by atoms with Gasteiger partial charge in [0.2, 0.25) is 0 Å². The van der Waals surface area contributed by atoms with E-state index >= 15 is 0 Å². The lowest BCUT2D eigenvalue weighted by Crippen LogP contribution is -2.36. The molecule has 21 heavy (non-hydrogen) atoms. The Hall–Kier alpha value is -1.82. The van der Waals surface area contributed by atoms with Crippen LogP contribution in [0.4, 0.5) is 0 Å². The molecule has 0 aromatic heterocycles. The van der Waals surface area contributed by atoms with Crippen LogP contribution < -0.4 is 4.74 Å². The highest BCUT2D eigenvalue weighted by Gasteiger charge is 2.16. The molecule has 0 heterocycles. The van der Waals surface area contributed by atoms with Crippen molar-refractivity contribution in [2.24, 2.45) is 0 Å². The molecule has 0 saturated heterocycles. The molecule has 1 rings (SSSR count). The van der Waals surface area contributed by atoms with Gasteiger partial charge in [0.25, 0.3) is 5.91 Å². The van der Waals surface area contributed by atoms with Crippen LogP contribution in [0.1, 0.15) is 24.2 Å². The first kappa shape index (κ1) is 17.2. The van der Waals surface area contributed by atoms with Crippen LogP contribution in [0.5, 0.6) is 5.75 Å². The number of ether oxygens (including phenoxy) is 1. The summed E-state index contributed by atoms with van der Waals surface area (Å²) in [5, 5.41) is 9.12. The molecule has 0 unspecified atom stereocenters. The van der Waals surface area contributed by atoms with E-state index in [1.807, 2.05) is 13.8 Å². The van der Waals surface area contributed by atoms with Gasteiger partial charge in [0.05, 0.1) is 0 Å². The third-order valence-corrected chi connectivity index (χ3v) is 3.21. The van der Waals surface area contributed by atoms with Crippen molar-refractivity contribution in [2.45, 2.75) is 13.8 Å². The lowest BCUT2D eigenvalue weighted by Gasteiger charge is -2.21. The molecule has 1 amide bonds. The number of aromatic carboxylic acids is 1. The van der Waals surface area contributed by atoms with Crippen molar-refractivity contribution in [2.75, 3.05) is 19.7 Å². The minimum atomic E-state index is -1.10. The van der Waals surface area contributed by atoms with E-state index in [2.05, 4.69) is 22.5 Å². The fourth-order valence-electron chi connectivity index (χ4n) is 1.73. The van der Waals surface area contributed by atoms with Crippen molar-refractivity contribution in [1.29, 1.82) is 0 Å². The Labute approximate surface area is 132 Å². The minimum Gasteiger partial charge on any atom is -0.483 e. The largest absolute Gasteiger partial charge is 0.483 e. The van der Waals surface area contributed by atoms with E-state index in [1.165, 1.54) is 12.1 Å². The molecule has 6 heteroatoms. The molecular formula is C15H18BrNO4. The Bertz CT molecular complexity index is 557. The zero-order valence-electron chi connectivity index (χ0n) is 12.1. The second-order valence-electron chi connectivity index (χ2n) is 4.60. The highest BCUT2D eigenvalue weighted by Crippen LogP contribution is 2.23. The number of amides is 1. The number of carbonyl (C=O) groups excluding carboxylic acids is 1. The number of halogens is 1. The number of hydrogen-bond donors (Lipinski definition) is 1. The molecule has 0 aliphatic carbocycles. The quantitative estimate of drug-likeness (QED) is 0.763. The molecule has 114 valence electrons. The average Bonchev–Trinajstić information content (AvgIpc) is 2.42. The normalized spacial score (nSPS) is 10.0. The maximum absolute atomic E-state index is 12.0. The van der Waals surface area contributed by atoms with Crippen molar-refractivity contribution in [1.82, 2.24) is 4.90 Å². The summed E-state index contributed by atoms with van der Waals surface area (Å²) in [6.07, 6.45) is 0. The summed E-state index contributed by atoms with van der Waals surface area (Å²) < 4.78 is 5.99. The van der Waals surface area contributed by atoms with Gasteiger partial charge < -0.3 is 14.7 Å². The summed E-state index contributed by atoms with van der Waals surface area (Å²) in [5.74, 6) is -1.14. The average molecular weight is 356 g/mol. The van der Waals surface area contributed by atoms with Crippen LogP contribution in [-0.4, -0.2) is 41.6 Å². The first-order valence-electron chi connectivity index (χ1n) is 6.43. The Morgan fingerprint density at radius 1 is 1.43 bits per heavy atom. The topological polar surface area (TPSA) is 66.8 Å². The van der Waals surface area contributed by atoms with E-state index in [0.717, 1.165) is 5.57 Å². The second kappa shape index (κ2) is 7.83. The molecule has 1 aromatic rings. The summed E-state index contributed by atoms with van der Waals surface area (Å²) >= 11 is 3.20. The van der Waals surface area contributed by atoms with Gasteiger partial charge in [-0.1, -0.05) is 28.1 Å². The third-order valence-electron chi connectivity index (χ3n) is 2.72. The van der Waals surface area contributed by atoms with E-state index in [4.69, 9.17) is 9.84 Å². The summed E-state index contributed by atoms with van der Waals surface area (Å²) in [7, 11) is 0. The van der Waals surface area contributed by atoms with Gasteiger partial charge in [-0.25, -0.2) is 4.79 Å². The molecule has 0 atom stereocenters. The molecule has 0 fully saturated rings. The zero-order valence-corrected chi connectivity index (χ0v) is 13.6. The molecule has 0 aliphatic heterocycles. The predicted molar refractivity (Wildman–Crippen MR) is 83.7 cm³/mol. The van der Waals surface area contributed by atoms with Crippen molar-refractivity contribution in [3.05, 3.63) is 40.4 Å². The van der Waals surface area contributed by atoms with Crippen molar-refractivity contribution < 1.29 is 19.4 Å². The van der Waals surface area contributed by atoms with Crippen LogP contribution in [0.3, 0.4) is 0 Å². The van der Waals surface area contributed by atoms with Crippen LogP contribution in [0.15, 0.2) is 34.8 Å². The number of hydrogen-bond acceptors (Lipinski definition) is 3. The number of carboxylic acid groups (broad SMARTS) is 1. The Morgan fingerprint density at radius 2 is 2.10 bits per heavy atom. The van der Waals surface area contributed by atoms with Gasteiger partial charge in [0.1, 0.15) is 11.3 Å². The molecule has 1 aromatic carbocycles. The smallest absolute Gasteiger partial charge is 0.339 e. The molecule has 0 aliphatic rings. The number of rotatable bonds is 7. The molecule has 0 saturated carbocycles. The molecule has 0 spiro atoms. The molecular weight excluding hydrogens is 338 g/mol. The predicted octanol–water partition coefficient (Wildman–Crippen LogP) is 2.95. The molecule has 1 N–H and O–H groups in total. The summed E-state index contributed by atoms with van der Waals surface area (Å²) in [5.41, 5.74) is 0.889. The molecule has 0 bridgehead atoms. The van der Waals surface area contributed by atoms with E-state index in [-0.39, 0.29) is 23.8 Å². The number of likely N-dealkylation sites (N-methyl/N-ethyl adjacent to an activating group) is 1. The van der Waals surface area contributed by atoms with Crippen molar-refractivity contribution in [3.63, 3.8) is 0 Å². The van der Waals surface area contributed by atoms with Gasteiger partial charge in [-0.2, -0.15) is 0 Å². The Kier molecular flexibility index (Phi) is 6.42. The van der Waals surface area contributed by atoms with E-state index in [9.17, 15) is 9.59 Å². The van der Waals surface area contributed by atoms with Crippen LogP contribution in [0.2, 0.25) is 0 Å². The summed E-state index contributed by atoms with van der Waals surface area (Å²) in [6, 6.07) is 4.63. The third kappa shape index (κ3) is 5.23. The monoisotopic (exact) mass is 355 g/mol. The lowest BCUT2D eigenvalue weighted by molar-refractivity contribution is -0.132. The van der Waals surface area contributed by atoms with E-state index in [0.29, 0.717) is 17.6 Å². The summed E-state index contributed by atoms with van der Waals surface area (Å²) in [4.78, 5) is 24.8. The van der Waals surface area contributed by atoms with Crippen molar-refractivity contribution in [3.8, 4) is 5.75 Å². The van der Waals surface area contributed by atoms with Crippen LogP contribution in [0, 0.1) is 0 Å². The molecule has 5 nitrogen and oxygen atoms in total. The maximum atomic E-state index is 12.0.